The van der Waals surface area contributed by atoms with Gasteiger partial charge in [-0.15, -0.1) is 0 Å². The van der Waals surface area contributed by atoms with E-state index < -0.39 is 0 Å². The van der Waals surface area contributed by atoms with Crippen molar-refractivity contribution in [1.82, 2.24) is 0 Å². The molecule has 1 aromatic carbocycles. The largest absolute Gasteiger partial charge is 0.508 e. The summed E-state index contributed by atoms with van der Waals surface area (Å²) in [6.07, 6.45) is 2.03. The summed E-state index contributed by atoms with van der Waals surface area (Å²) in [5.41, 5.74) is 0.835. The van der Waals surface area contributed by atoms with Crippen LogP contribution in [-0.2, 0) is 5.75 Å². The van der Waals surface area contributed by atoms with Gasteiger partial charge in [0.2, 0.25) is 0 Å². The highest BCUT2D eigenvalue weighted by molar-refractivity contribution is 7.97. The smallest absolute Gasteiger partial charge is 0.134 e. The van der Waals surface area contributed by atoms with Crippen LogP contribution in [0.1, 0.15) is 5.76 Å². The Bertz CT molecular complexity index is 420. The third-order valence-corrected chi connectivity index (χ3v) is 2.41. The van der Waals surface area contributed by atoms with E-state index in [0.29, 0.717) is 0 Å². The van der Waals surface area contributed by atoms with Gasteiger partial charge in [-0.2, -0.15) is 11.8 Å². The summed E-state index contributed by atoms with van der Waals surface area (Å²) >= 11 is 1.72. The molecular weight excluding hydrogens is 184 g/mol. The first kappa shape index (κ1) is 8.51. The Kier molecular flexibility index (Phi) is 2.19. The standard InChI is InChI=1S/C10H10O2S/c1-13-6-9-5-7-4-8(11)2-3-10(7)12-9/h2-5,11H,6H2,1H3. The molecule has 3 heteroatoms. The second kappa shape index (κ2) is 3.34. The van der Waals surface area contributed by atoms with Crippen molar-refractivity contribution < 1.29 is 9.52 Å². The van der Waals surface area contributed by atoms with Gasteiger partial charge in [-0.1, -0.05) is 0 Å². The molecule has 0 fully saturated rings. The van der Waals surface area contributed by atoms with Crippen molar-refractivity contribution >= 4 is 22.7 Å². The van der Waals surface area contributed by atoms with Gasteiger partial charge in [0, 0.05) is 5.39 Å². The second-order valence-electron chi connectivity index (χ2n) is 2.87. The van der Waals surface area contributed by atoms with Gasteiger partial charge >= 0.3 is 0 Å². The first-order valence-corrected chi connectivity index (χ1v) is 5.39. The molecule has 2 aromatic rings. The maximum Gasteiger partial charge on any atom is 0.134 e. The maximum atomic E-state index is 9.22. The van der Waals surface area contributed by atoms with Crippen LogP contribution < -0.4 is 0 Å². The minimum Gasteiger partial charge on any atom is -0.508 e. The number of phenolic OH excluding ortho intramolecular Hbond substituents is 1. The van der Waals surface area contributed by atoms with Gasteiger partial charge in [-0.05, 0) is 30.5 Å². The summed E-state index contributed by atoms with van der Waals surface area (Å²) in [4.78, 5) is 0. The molecule has 13 heavy (non-hydrogen) atoms. The molecule has 0 spiro atoms. The van der Waals surface area contributed by atoms with E-state index in [-0.39, 0.29) is 5.75 Å². The Morgan fingerprint density at radius 3 is 3.00 bits per heavy atom. The van der Waals surface area contributed by atoms with Crippen LogP contribution in [0.15, 0.2) is 28.7 Å². The van der Waals surface area contributed by atoms with E-state index in [4.69, 9.17) is 4.42 Å². The molecule has 0 saturated heterocycles. The molecule has 1 N–H and O–H groups in total. The average Bonchev–Trinajstić information content (AvgIpc) is 2.46. The molecule has 68 valence electrons. The van der Waals surface area contributed by atoms with Gasteiger partial charge in [0.1, 0.15) is 17.1 Å². The molecule has 2 nitrogen and oxygen atoms in total. The highest BCUT2D eigenvalue weighted by Gasteiger charge is 2.02. The zero-order valence-electron chi connectivity index (χ0n) is 7.28. The van der Waals surface area contributed by atoms with Crippen molar-refractivity contribution in [2.45, 2.75) is 5.75 Å². The normalized spacial score (nSPS) is 10.8. The quantitative estimate of drug-likeness (QED) is 0.797. The number of rotatable bonds is 2. The molecule has 1 heterocycles. The lowest BCUT2D eigenvalue weighted by molar-refractivity contribution is 0.475. The number of hydrogen-bond acceptors (Lipinski definition) is 3. The van der Waals surface area contributed by atoms with E-state index in [1.165, 1.54) is 0 Å². The van der Waals surface area contributed by atoms with E-state index in [1.54, 1.807) is 30.0 Å². The van der Waals surface area contributed by atoms with E-state index >= 15 is 0 Å². The molecular formula is C10H10O2S. The Balaban J connectivity index is 2.49. The van der Waals surface area contributed by atoms with E-state index in [9.17, 15) is 5.11 Å². The second-order valence-corrected chi connectivity index (χ2v) is 3.73. The Morgan fingerprint density at radius 1 is 1.38 bits per heavy atom. The van der Waals surface area contributed by atoms with Crippen molar-refractivity contribution in [1.29, 1.82) is 0 Å². The number of aromatic hydroxyl groups is 1. The maximum absolute atomic E-state index is 9.22. The molecule has 0 amide bonds. The minimum absolute atomic E-state index is 0.281. The van der Waals surface area contributed by atoms with Crippen LogP contribution in [0.4, 0.5) is 0 Å². The van der Waals surface area contributed by atoms with Crippen LogP contribution in [0.5, 0.6) is 5.75 Å². The fourth-order valence-electron chi connectivity index (χ4n) is 1.30. The first-order valence-electron chi connectivity index (χ1n) is 4.00. The third-order valence-electron chi connectivity index (χ3n) is 1.84. The molecule has 0 aliphatic rings. The Labute approximate surface area is 80.6 Å². The predicted molar refractivity (Wildman–Crippen MR) is 55.1 cm³/mol. The fourth-order valence-corrected chi connectivity index (χ4v) is 1.73. The molecule has 0 radical (unpaired) electrons. The number of fused-ring (bicyclic) bond motifs is 1. The average molecular weight is 194 g/mol. The van der Waals surface area contributed by atoms with Crippen LogP contribution in [0, 0.1) is 0 Å². The summed E-state index contributed by atoms with van der Waals surface area (Å²) < 4.78 is 5.53. The summed E-state index contributed by atoms with van der Waals surface area (Å²) in [6, 6.07) is 7.09. The van der Waals surface area contributed by atoms with Crippen molar-refractivity contribution in [2.24, 2.45) is 0 Å². The molecule has 1 aromatic heterocycles. The SMILES string of the molecule is CSCc1cc2cc(O)ccc2o1. The zero-order chi connectivity index (χ0) is 9.26. The monoisotopic (exact) mass is 194 g/mol. The first-order chi connectivity index (χ1) is 6.29. The highest BCUT2D eigenvalue weighted by atomic mass is 32.2. The van der Waals surface area contributed by atoms with Crippen LogP contribution >= 0.6 is 11.8 Å². The van der Waals surface area contributed by atoms with Crippen LogP contribution in [-0.4, -0.2) is 11.4 Å². The number of benzene rings is 1. The molecule has 0 bridgehead atoms. The number of phenols is 1. The number of furan rings is 1. The lowest BCUT2D eigenvalue weighted by Crippen LogP contribution is -1.69. The van der Waals surface area contributed by atoms with Gasteiger partial charge in [0.05, 0.1) is 5.75 Å². The van der Waals surface area contributed by atoms with Gasteiger partial charge in [-0.25, -0.2) is 0 Å². The number of hydrogen-bond donors (Lipinski definition) is 1. The van der Waals surface area contributed by atoms with Crippen LogP contribution in [0.3, 0.4) is 0 Å². The van der Waals surface area contributed by atoms with Crippen molar-refractivity contribution in [2.75, 3.05) is 6.26 Å². The van der Waals surface area contributed by atoms with Crippen LogP contribution in [0.2, 0.25) is 0 Å². The summed E-state index contributed by atoms with van der Waals surface area (Å²) in [7, 11) is 0. The topological polar surface area (TPSA) is 33.4 Å². The number of thioether (sulfide) groups is 1. The van der Waals surface area contributed by atoms with E-state index in [1.807, 2.05) is 12.3 Å². The van der Waals surface area contributed by atoms with Gasteiger partial charge < -0.3 is 9.52 Å². The highest BCUT2D eigenvalue weighted by Crippen LogP contribution is 2.24. The van der Waals surface area contributed by atoms with E-state index in [2.05, 4.69) is 0 Å². The van der Waals surface area contributed by atoms with Gasteiger partial charge in [0.25, 0.3) is 0 Å². The Hall–Kier alpha value is -1.09. The van der Waals surface area contributed by atoms with Gasteiger partial charge in [-0.3, -0.25) is 0 Å². The predicted octanol–water partition coefficient (Wildman–Crippen LogP) is 3.00. The van der Waals surface area contributed by atoms with E-state index in [0.717, 1.165) is 22.5 Å². The molecule has 0 aliphatic heterocycles. The van der Waals surface area contributed by atoms with Crippen molar-refractivity contribution in [3.05, 3.63) is 30.0 Å². The zero-order valence-corrected chi connectivity index (χ0v) is 8.10. The van der Waals surface area contributed by atoms with Gasteiger partial charge in [0.15, 0.2) is 0 Å². The molecule has 0 unspecified atom stereocenters. The Morgan fingerprint density at radius 2 is 2.23 bits per heavy atom. The van der Waals surface area contributed by atoms with Crippen molar-refractivity contribution in [3.63, 3.8) is 0 Å². The summed E-state index contributed by atoms with van der Waals surface area (Å²) in [5.74, 6) is 2.10. The molecule has 0 saturated carbocycles. The molecule has 0 aliphatic carbocycles. The fraction of sp³-hybridized carbons (Fsp3) is 0.200. The lowest BCUT2D eigenvalue weighted by Gasteiger charge is -1.89. The molecule has 0 atom stereocenters. The minimum atomic E-state index is 0.281. The lowest BCUT2D eigenvalue weighted by atomic mass is 10.2. The van der Waals surface area contributed by atoms with Crippen molar-refractivity contribution in [3.8, 4) is 5.75 Å². The third kappa shape index (κ3) is 1.65. The van der Waals surface area contributed by atoms with Crippen LogP contribution in [0.25, 0.3) is 11.0 Å². The summed E-state index contributed by atoms with van der Waals surface area (Å²) in [6.45, 7) is 0. The molecule has 2 rings (SSSR count). The summed E-state index contributed by atoms with van der Waals surface area (Å²) in [5, 5.41) is 10.2.